The van der Waals surface area contributed by atoms with Gasteiger partial charge in [-0.05, 0) is 83.3 Å². The molecular formula is C27H40N2O. The number of nitrogens with zero attached hydrogens (tertiary/aromatic N) is 2. The molecule has 1 N–H and O–H groups in total. The molecule has 1 aliphatic rings. The minimum absolute atomic E-state index is 0.121. The van der Waals surface area contributed by atoms with Crippen LogP contribution in [-0.2, 0) is 10.8 Å². The van der Waals surface area contributed by atoms with E-state index in [1.807, 2.05) is 0 Å². The third-order valence-electron chi connectivity index (χ3n) is 6.30. The molecule has 1 fully saturated rings. The van der Waals surface area contributed by atoms with Crippen LogP contribution in [0, 0.1) is 0 Å². The van der Waals surface area contributed by atoms with Gasteiger partial charge in [-0.15, -0.1) is 0 Å². The summed E-state index contributed by atoms with van der Waals surface area (Å²) in [6, 6.07) is 13.7. The van der Waals surface area contributed by atoms with Crippen molar-refractivity contribution in [1.82, 2.24) is 4.90 Å². The van der Waals surface area contributed by atoms with Gasteiger partial charge in [0, 0.05) is 19.8 Å². The first kappa shape index (κ1) is 22.7. The van der Waals surface area contributed by atoms with Gasteiger partial charge < -0.3 is 10.0 Å². The Kier molecular flexibility index (Phi) is 6.25. The highest BCUT2D eigenvalue weighted by Gasteiger charge is 2.31. The van der Waals surface area contributed by atoms with Crippen molar-refractivity contribution in [1.29, 1.82) is 0 Å². The quantitative estimate of drug-likeness (QED) is 0.649. The Hall–Kier alpha value is -2.00. The normalized spacial score (nSPS) is 16.7. The van der Waals surface area contributed by atoms with Gasteiger partial charge in [-0.25, -0.2) is 0 Å². The zero-order valence-electron chi connectivity index (χ0n) is 20.2. The Bertz CT molecular complexity index is 828. The van der Waals surface area contributed by atoms with Gasteiger partial charge in [0.2, 0.25) is 0 Å². The van der Waals surface area contributed by atoms with Gasteiger partial charge in [0.05, 0.1) is 6.04 Å². The fourth-order valence-corrected chi connectivity index (χ4v) is 4.53. The maximum atomic E-state index is 11.2. The largest absolute Gasteiger partial charge is 0.507 e. The fourth-order valence-electron chi connectivity index (χ4n) is 4.53. The van der Waals surface area contributed by atoms with Crippen molar-refractivity contribution >= 4 is 5.69 Å². The van der Waals surface area contributed by atoms with E-state index in [0.717, 1.165) is 24.2 Å². The molecular weight excluding hydrogens is 368 g/mol. The van der Waals surface area contributed by atoms with Gasteiger partial charge in [-0.2, -0.15) is 0 Å². The molecule has 1 atom stereocenters. The molecule has 0 aromatic heterocycles. The summed E-state index contributed by atoms with van der Waals surface area (Å²) < 4.78 is 0. The second-order valence-corrected chi connectivity index (χ2v) is 11.1. The molecule has 0 spiro atoms. The highest BCUT2D eigenvalue weighted by atomic mass is 16.3. The van der Waals surface area contributed by atoms with Gasteiger partial charge in [-0.1, -0.05) is 53.7 Å². The number of aromatic hydroxyl groups is 1. The molecule has 1 heterocycles. The second kappa shape index (κ2) is 8.26. The van der Waals surface area contributed by atoms with Crippen molar-refractivity contribution in [3.63, 3.8) is 0 Å². The number of rotatable bonds is 4. The topological polar surface area (TPSA) is 26.7 Å². The van der Waals surface area contributed by atoms with Crippen LogP contribution in [0.3, 0.4) is 0 Å². The molecule has 164 valence electrons. The van der Waals surface area contributed by atoms with Crippen molar-refractivity contribution in [3.05, 3.63) is 58.7 Å². The minimum Gasteiger partial charge on any atom is -0.507 e. The predicted molar refractivity (Wildman–Crippen MR) is 129 cm³/mol. The van der Waals surface area contributed by atoms with E-state index in [9.17, 15) is 5.11 Å². The lowest BCUT2D eigenvalue weighted by atomic mass is 9.77. The zero-order chi connectivity index (χ0) is 22.3. The van der Waals surface area contributed by atoms with Gasteiger partial charge in [0.25, 0.3) is 0 Å². The lowest BCUT2D eigenvalue weighted by molar-refractivity contribution is 0.280. The molecule has 1 aliphatic heterocycles. The fraction of sp³-hybridized carbons (Fsp3) is 0.556. The van der Waals surface area contributed by atoms with Gasteiger partial charge in [0.1, 0.15) is 5.75 Å². The van der Waals surface area contributed by atoms with E-state index < -0.39 is 0 Å². The van der Waals surface area contributed by atoms with E-state index in [2.05, 4.69) is 102 Å². The summed E-state index contributed by atoms with van der Waals surface area (Å²) in [6.45, 7) is 15.4. The highest BCUT2D eigenvalue weighted by Crippen LogP contribution is 2.43. The lowest BCUT2D eigenvalue weighted by Gasteiger charge is -2.33. The Balaban J connectivity index is 2.20. The SMILES string of the molecule is CN(C)c1ccc([C@H](c2cc(C(C)(C)C)c(O)c(C(C)(C)C)c2)N2CCCC2)cc1. The van der Waals surface area contributed by atoms with Crippen LogP contribution >= 0.6 is 0 Å². The van der Waals surface area contributed by atoms with Crippen molar-refractivity contribution < 1.29 is 5.11 Å². The molecule has 1 saturated heterocycles. The summed E-state index contributed by atoms with van der Waals surface area (Å²) in [5.41, 5.74) is 5.68. The number of hydrogen-bond donors (Lipinski definition) is 1. The monoisotopic (exact) mass is 408 g/mol. The maximum Gasteiger partial charge on any atom is 0.123 e. The van der Waals surface area contributed by atoms with E-state index in [-0.39, 0.29) is 16.9 Å². The number of benzene rings is 2. The van der Waals surface area contributed by atoms with Crippen molar-refractivity contribution in [2.24, 2.45) is 0 Å². The first-order valence-corrected chi connectivity index (χ1v) is 11.3. The van der Waals surface area contributed by atoms with Crippen molar-refractivity contribution in [2.75, 3.05) is 32.1 Å². The average molecular weight is 409 g/mol. The van der Waals surface area contributed by atoms with E-state index in [1.54, 1.807) is 0 Å². The van der Waals surface area contributed by atoms with Crippen LogP contribution in [0.15, 0.2) is 36.4 Å². The molecule has 30 heavy (non-hydrogen) atoms. The van der Waals surface area contributed by atoms with Crippen LogP contribution in [0.1, 0.15) is 82.7 Å². The van der Waals surface area contributed by atoms with E-state index in [4.69, 9.17) is 0 Å². The molecule has 3 rings (SSSR count). The Morgan fingerprint density at radius 3 is 1.67 bits per heavy atom. The number of phenolic OH excluding ortho intramolecular Hbond substituents is 1. The molecule has 0 amide bonds. The van der Waals surface area contributed by atoms with Crippen LogP contribution in [0.4, 0.5) is 5.69 Å². The molecule has 3 heteroatoms. The molecule has 0 unspecified atom stereocenters. The predicted octanol–water partition coefficient (Wildman–Crippen LogP) is 6.24. The van der Waals surface area contributed by atoms with E-state index in [0.29, 0.717) is 5.75 Å². The number of phenols is 1. The third kappa shape index (κ3) is 4.67. The molecule has 0 radical (unpaired) electrons. The maximum absolute atomic E-state index is 11.2. The summed E-state index contributed by atoms with van der Waals surface area (Å²) in [5.74, 6) is 0.460. The molecule has 0 bridgehead atoms. The van der Waals surface area contributed by atoms with Crippen molar-refractivity contribution in [2.45, 2.75) is 71.3 Å². The summed E-state index contributed by atoms with van der Waals surface area (Å²) in [7, 11) is 4.16. The molecule has 2 aromatic rings. The van der Waals surface area contributed by atoms with Crippen LogP contribution in [0.2, 0.25) is 0 Å². The van der Waals surface area contributed by atoms with Gasteiger partial charge in [0.15, 0.2) is 0 Å². The summed E-state index contributed by atoms with van der Waals surface area (Å²) in [5, 5.41) is 11.2. The van der Waals surface area contributed by atoms with Crippen LogP contribution in [0.5, 0.6) is 5.75 Å². The van der Waals surface area contributed by atoms with Gasteiger partial charge in [-0.3, -0.25) is 4.90 Å². The van der Waals surface area contributed by atoms with Crippen molar-refractivity contribution in [3.8, 4) is 5.75 Å². The van der Waals surface area contributed by atoms with Crippen LogP contribution < -0.4 is 4.90 Å². The molecule has 3 nitrogen and oxygen atoms in total. The highest BCUT2D eigenvalue weighted by molar-refractivity contribution is 5.53. The number of anilines is 1. The Morgan fingerprint density at radius 1 is 0.800 bits per heavy atom. The standard InChI is InChI=1S/C27H40N2O/c1-26(2,3)22-17-20(18-23(25(22)30)27(4,5)6)24(29-15-9-10-16-29)19-11-13-21(14-12-19)28(7)8/h11-14,17-18,24,30H,9-10,15-16H2,1-8H3/t24-/m1/s1. The first-order valence-electron chi connectivity index (χ1n) is 11.3. The van der Waals surface area contributed by atoms with Gasteiger partial charge >= 0.3 is 0 Å². The Labute approximate surface area is 183 Å². The minimum atomic E-state index is -0.121. The average Bonchev–Trinajstić information content (AvgIpc) is 3.15. The molecule has 2 aromatic carbocycles. The summed E-state index contributed by atoms with van der Waals surface area (Å²) >= 11 is 0. The number of likely N-dealkylation sites (tertiary alicyclic amines) is 1. The molecule has 0 saturated carbocycles. The Morgan fingerprint density at radius 2 is 1.27 bits per heavy atom. The summed E-state index contributed by atoms with van der Waals surface area (Å²) in [6.07, 6.45) is 2.51. The second-order valence-electron chi connectivity index (χ2n) is 11.1. The van der Waals surface area contributed by atoms with E-state index >= 15 is 0 Å². The third-order valence-corrected chi connectivity index (χ3v) is 6.30. The summed E-state index contributed by atoms with van der Waals surface area (Å²) in [4.78, 5) is 4.75. The van der Waals surface area contributed by atoms with Crippen LogP contribution in [-0.4, -0.2) is 37.2 Å². The van der Waals surface area contributed by atoms with E-state index in [1.165, 1.54) is 29.7 Å². The van der Waals surface area contributed by atoms with Crippen LogP contribution in [0.25, 0.3) is 0 Å². The smallest absolute Gasteiger partial charge is 0.123 e. The number of hydrogen-bond acceptors (Lipinski definition) is 3. The first-order chi connectivity index (χ1) is 13.9. The molecule has 0 aliphatic carbocycles. The zero-order valence-corrected chi connectivity index (χ0v) is 20.2. The lowest BCUT2D eigenvalue weighted by Crippen LogP contribution is -2.28.